The molecule has 3 N–H and O–H groups in total. The van der Waals surface area contributed by atoms with Crippen molar-refractivity contribution in [3.8, 4) is 0 Å². The molecule has 20 heavy (non-hydrogen) atoms. The van der Waals surface area contributed by atoms with Gasteiger partial charge in [0.25, 0.3) is 10.2 Å². The highest BCUT2D eigenvalue weighted by Crippen LogP contribution is 2.25. The molecule has 2 rings (SSSR count). The van der Waals surface area contributed by atoms with Crippen LogP contribution in [0, 0.1) is 11.8 Å². The summed E-state index contributed by atoms with van der Waals surface area (Å²) in [6, 6.07) is 0.106. The molecule has 2 aliphatic rings. The topological polar surface area (TPSA) is 75.4 Å². The van der Waals surface area contributed by atoms with Crippen LogP contribution in [0.25, 0.3) is 0 Å². The molecule has 0 amide bonds. The lowest BCUT2D eigenvalue weighted by Crippen LogP contribution is -2.50. The van der Waals surface area contributed by atoms with Crippen molar-refractivity contribution in [1.82, 2.24) is 9.03 Å². The molecule has 0 aromatic rings. The van der Waals surface area contributed by atoms with E-state index in [1.165, 1.54) is 12.8 Å². The first-order chi connectivity index (χ1) is 9.53. The molecule has 2 unspecified atom stereocenters. The molecular weight excluding hydrogens is 274 g/mol. The first-order valence-corrected chi connectivity index (χ1v) is 9.44. The Labute approximate surface area is 123 Å². The third-order valence-corrected chi connectivity index (χ3v) is 6.55. The van der Waals surface area contributed by atoms with Crippen molar-refractivity contribution >= 4 is 10.2 Å². The van der Waals surface area contributed by atoms with Gasteiger partial charge in [0, 0.05) is 19.1 Å². The van der Waals surface area contributed by atoms with Gasteiger partial charge >= 0.3 is 0 Å². The van der Waals surface area contributed by atoms with Crippen LogP contribution in [0.5, 0.6) is 0 Å². The molecule has 6 heteroatoms. The molecule has 2 atom stereocenters. The summed E-state index contributed by atoms with van der Waals surface area (Å²) >= 11 is 0. The van der Waals surface area contributed by atoms with E-state index in [1.807, 2.05) is 0 Å². The highest BCUT2D eigenvalue weighted by atomic mass is 32.2. The van der Waals surface area contributed by atoms with Crippen molar-refractivity contribution in [3.63, 3.8) is 0 Å². The first-order valence-electron chi connectivity index (χ1n) is 8.00. The standard InChI is InChI=1S/C14H29N3O2S/c1-12-5-3-2-4-6-14(12)16-20(18,19)17-9-7-13(11-15)8-10-17/h12-14,16H,2-11,15H2,1H3. The molecular formula is C14H29N3O2S. The van der Waals surface area contributed by atoms with E-state index in [9.17, 15) is 8.42 Å². The minimum atomic E-state index is -3.32. The molecule has 1 aliphatic carbocycles. The Morgan fingerprint density at radius 3 is 2.40 bits per heavy atom. The van der Waals surface area contributed by atoms with Gasteiger partial charge < -0.3 is 5.73 Å². The van der Waals surface area contributed by atoms with E-state index in [4.69, 9.17) is 5.73 Å². The van der Waals surface area contributed by atoms with Crippen molar-refractivity contribution in [2.45, 2.75) is 57.9 Å². The summed E-state index contributed by atoms with van der Waals surface area (Å²) in [5.74, 6) is 0.923. The smallest absolute Gasteiger partial charge is 0.279 e. The van der Waals surface area contributed by atoms with Gasteiger partial charge in [-0.15, -0.1) is 0 Å². The molecule has 1 heterocycles. The Morgan fingerprint density at radius 1 is 1.10 bits per heavy atom. The van der Waals surface area contributed by atoms with Crippen LogP contribution in [0.15, 0.2) is 0 Å². The van der Waals surface area contributed by atoms with Crippen molar-refractivity contribution in [3.05, 3.63) is 0 Å². The average Bonchev–Trinajstić information content (AvgIpc) is 2.64. The molecule has 0 spiro atoms. The second kappa shape index (κ2) is 7.20. The fourth-order valence-corrected chi connectivity index (χ4v) is 4.89. The minimum absolute atomic E-state index is 0.106. The largest absolute Gasteiger partial charge is 0.330 e. The monoisotopic (exact) mass is 303 g/mol. The van der Waals surface area contributed by atoms with Crippen LogP contribution < -0.4 is 10.5 Å². The van der Waals surface area contributed by atoms with Crippen LogP contribution in [0.2, 0.25) is 0 Å². The number of hydrogen-bond acceptors (Lipinski definition) is 3. The Bertz CT molecular complexity index is 391. The van der Waals surface area contributed by atoms with E-state index in [0.29, 0.717) is 31.5 Å². The van der Waals surface area contributed by atoms with Gasteiger partial charge in [-0.05, 0) is 44.1 Å². The van der Waals surface area contributed by atoms with Gasteiger partial charge in [0.2, 0.25) is 0 Å². The van der Waals surface area contributed by atoms with Crippen molar-refractivity contribution in [1.29, 1.82) is 0 Å². The van der Waals surface area contributed by atoms with Gasteiger partial charge in [0.1, 0.15) is 0 Å². The molecule has 1 saturated carbocycles. The van der Waals surface area contributed by atoms with Crippen LogP contribution in [0.3, 0.4) is 0 Å². The first kappa shape index (κ1) is 16.2. The fraction of sp³-hybridized carbons (Fsp3) is 1.00. The molecule has 5 nitrogen and oxygen atoms in total. The molecule has 0 aromatic heterocycles. The van der Waals surface area contributed by atoms with Crippen molar-refractivity contribution in [2.75, 3.05) is 19.6 Å². The van der Waals surface area contributed by atoms with Gasteiger partial charge in [-0.2, -0.15) is 17.4 Å². The van der Waals surface area contributed by atoms with Gasteiger partial charge in [-0.25, -0.2) is 0 Å². The number of hydrogen-bond donors (Lipinski definition) is 2. The van der Waals surface area contributed by atoms with Gasteiger partial charge in [0.05, 0.1) is 0 Å². The maximum atomic E-state index is 12.5. The highest BCUT2D eigenvalue weighted by Gasteiger charge is 2.31. The minimum Gasteiger partial charge on any atom is -0.330 e. The van der Waals surface area contributed by atoms with Gasteiger partial charge in [-0.1, -0.05) is 26.2 Å². The Hall–Kier alpha value is -0.170. The van der Waals surface area contributed by atoms with E-state index in [2.05, 4.69) is 11.6 Å². The SMILES string of the molecule is CC1CCCCCC1NS(=O)(=O)N1CCC(CN)CC1. The Balaban J connectivity index is 1.93. The summed E-state index contributed by atoms with van der Waals surface area (Å²) in [5.41, 5.74) is 5.66. The number of piperidine rings is 1. The summed E-state index contributed by atoms with van der Waals surface area (Å²) < 4.78 is 29.5. The van der Waals surface area contributed by atoms with Crippen LogP contribution in [-0.4, -0.2) is 38.4 Å². The van der Waals surface area contributed by atoms with Crippen LogP contribution >= 0.6 is 0 Å². The molecule has 0 bridgehead atoms. The summed E-state index contributed by atoms with van der Waals surface area (Å²) in [6.07, 6.45) is 7.45. The fourth-order valence-electron chi connectivity index (χ4n) is 3.32. The summed E-state index contributed by atoms with van der Waals surface area (Å²) in [4.78, 5) is 0. The predicted octanol–water partition coefficient (Wildman–Crippen LogP) is 1.46. The predicted molar refractivity (Wildman–Crippen MR) is 81.4 cm³/mol. The lowest BCUT2D eigenvalue weighted by Gasteiger charge is -2.33. The maximum absolute atomic E-state index is 12.5. The quantitative estimate of drug-likeness (QED) is 0.772. The van der Waals surface area contributed by atoms with E-state index in [1.54, 1.807) is 4.31 Å². The molecule has 1 saturated heterocycles. The van der Waals surface area contributed by atoms with Crippen LogP contribution in [-0.2, 0) is 10.2 Å². The van der Waals surface area contributed by atoms with Crippen LogP contribution in [0.1, 0.15) is 51.9 Å². The molecule has 118 valence electrons. The average molecular weight is 303 g/mol. The number of nitrogens with zero attached hydrogens (tertiary/aromatic N) is 1. The van der Waals surface area contributed by atoms with E-state index in [0.717, 1.165) is 32.1 Å². The molecule has 0 radical (unpaired) electrons. The third-order valence-electron chi connectivity index (χ3n) is 4.91. The molecule has 2 fully saturated rings. The Kier molecular flexibility index (Phi) is 5.84. The maximum Gasteiger partial charge on any atom is 0.279 e. The zero-order valence-electron chi connectivity index (χ0n) is 12.6. The number of nitrogens with two attached hydrogens (primary N) is 1. The highest BCUT2D eigenvalue weighted by molar-refractivity contribution is 7.87. The number of rotatable bonds is 4. The van der Waals surface area contributed by atoms with E-state index < -0.39 is 10.2 Å². The second-order valence-electron chi connectivity index (χ2n) is 6.42. The normalized spacial score (nSPS) is 31.1. The summed E-state index contributed by atoms with van der Waals surface area (Å²) in [5, 5.41) is 0. The van der Waals surface area contributed by atoms with Crippen molar-refractivity contribution < 1.29 is 8.42 Å². The van der Waals surface area contributed by atoms with Gasteiger partial charge in [0.15, 0.2) is 0 Å². The van der Waals surface area contributed by atoms with E-state index >= 15 is 0 Å². The lowest BCUT2D eigenvalue weighted by atomic mass is 9.98. The van der Waals surface area contributed by atoms with Crippen LogP contribution in [0.4, 0.5) is 0 Å². The summed E-state index contributed by atoms with van der Waals surface area (Å²) in [6.45, 7) is 4.05. The zero-order valence-corrected chi connectivity index (χ0v) is 13.4. The van der Waals surface area contributed by atoms with Gasteiger partial charge in [-0.3, -0.25) is 0 Å². The third kappa shape index (κ3) is 4.16. The molecule has 1 aliphatic heterocycles. The zero-order chi connectivity index (χ0) is 14.6. The Morgan fingerprint density at radius 2 is 1.75 bits per heavy atom. The molecule has 0 aromatic carbocycles. The number of nitrogens with one attached hydrogen (secondary N) is 1. The lowest BCUT2D eigenvalue weighted by molar-refractivity contribution is 0.271. The second-order valence-corrected chi connectivity index (χ2v) is 8.13. The van der Waals surface area contributed by atoms with Crippen molar-refractivity contribution in [2.24, 2.45) is 17.6 Å². The summed E-state index contributed by atoms with van der Waals surface area (Å²) in [7, 11) is -3.32. The van der Waals surface area contributed by atoms with E-state index in [-0.39, 0.29) is 6.04 Å².